The number of carbonyl (C=O) groups excluding carboxylic acids is 1. The van der Waals surface area contributed by atoms with Gasteiger partial charge in [-0.1, -0.05) is 0 Å². The number of aryl methyl sites for hydroxylation is 1. The SMILES string of the molecule is CNC(=O)Cn1cc(-c2ccnc(C)c2)cn1. The van der Waals surface area contributed by atoms with Gasteiger partial charge in [-0.2, -0.15) is 5.10 Å². The Kier molecular flexibility index (Phi) is 3.18. The number of nitrogens with zero attached hydrogens (tertiary/aromatic N) is 3. The average molecular weight is 230 g/mol. The number of likely N-dealkylation sites (N-methyl/N-ethyl adjacent to an activating group) is 1. The largest absolute Gasteiger partial charge is 0.358 e. The van der Waals surface area contributed by atoms with Gasteiger partial charge in [0.15, 0.2) is 0 Å². The van der Waals surface area contributed by atoms with Crippen molar-refractivity contribution >= 4 is 5.91 Å². The third-order valence-corrected chi connectivity index (χ3v) is 2.45. The molecule has 0 aromatic carbocycles. The maximum atomic E-state index is 11.2. The van der Waals surface area contributed by atoms with Gasteiger partial charge in [0.2, 0.25) is 5.91 Å². The van der Waals surface area contributed by atoms with Gasteiger partial charge in [0.05, 0.1) is 6.20 Å². The third kappa shape index (κ3) is 2.69. The Morgan fingerprint density at radius 1 is 1.47 bits per heavy atom. The van der Waals surface area contributed by atoms with Crippen molar-refractivity contribution in [1.29, 1.82) is 0 Å². The van der Waals surface area contributed by atoms with E-state index in [0.29, 0.717) is 0 Å². The van der Waals surface area contributed by atoms with E-state index in [9.17, 15) is 4.79 Å². The van der Waals surface area contributed by atoms with Crippen LogP contribution in [0, 0.1) is 6.92 Å². The van der Waals surface area contributed by atoms with Gasteiger partial charge in [-0.3, -0.25) is 14.5 Å². The summed E-state index contributed by atoms with van der Waals surface area (Å²) in [7, 11) is 1.61. The molecule has 0 aliphatic rings. The van der Waals surface area contributed by atoms with Crippen molar-refractivity contribution in [3.8, 4) is 11.1 Å². The molecule has 2 rings (SSSR count). The number of aromatic nitrogens is 3. The molecule has 2 aromatic rings. The van der Waals surface area contributed by atoms with Crippen LogP contribution in [0.3, 0.4) is 0 Å². The van der Waals surface area contributed by atoms with Crippen LogP contribution in [0.25, 0.3) is 11.1 Å². The molecule has 0 bridgehead atoms. The summed E-state index contributed by atoms with van der Waals surface area (Å²) in [4.78, 5) is 15.3. The highest BCUT2D eigenvalue weighted by Gasteiger charge is 2.04. The minimum absolute atomic E-state index is 0.0643. The Morgan fingerprint density at radius 3 is 3.00 bits per heavy atom. The summed E-state index contributed by atoms with van der Waals surface area (Å²) in [5.41, 5.74) is 3.00. The summed E-state index contributed by atoms with van der Waals surface area (Å²) in [5.74, 6) is -0.0643. The number of amides is 1. The average Bonchev–Trinajstić information content (AvgIpc) is 2.77. The molecule has 0 saturated carbocycles. The lowest BCUT2D eigenvalue weighted by atomic mass is 10.1. The molecule has 1 N–H and O–H groups in total. The highest BCUT2D eigenvalue weighted by Crippen LogP contribution is 2.18. The Morgan fingerprint density at radius 2 is 2.29 bits per heavy atom. The number of hydrogen-bond donors (Lipinski definition) is 1. The van der Waals surface area contributed by atoms with Gasteiger partial charge in [-0.05, 0) is 24.6 Å². The fraction of sp³-hybridized carbons (Fsp3) is 0.250. The molecule has 5 nitrogen and oxygen atoms in total. The second-order valence-corrected chi connectivity index (χ2v) is 3.79. The predicted octanol–water partition coefficient (Wildman–Crippen LogP) is 1.000. The predicted molar refractivity (Wildman–Crippen MR) is 64.3 cm³/mol. The zero-order valence-corrected chi connectivity index (χ0v) is 9.84. The van der Waals surface area contributed by atoms with Crippen LogP contribution in [-0.4, -0.2) is 27.7 Å². The molecule has 2 heterocycles. The van der Waals surface area contributed by atoms with E-state index in [0.717, 1.165) is 16.8 Å². The standard InChI is InChI=1S/C12H14N4O/c1-9-5-10(3-4-14-9)11-6-15-16(7-11)8-12(17)13-2/h3-7H,8H2,1-2H3,(H,13,17). The Labute approximate surface area is 99.5 Å². The molecule has 0 spiro atoms. The molecule has 0 atom stereocenters. The van der Waals surface area contributed by atoms with E-state index in [2.05, 4.69) is 15.4 Å². The molecule has 1 amide bonds. The quantitative estimate of drug-likeness (QED) is 0.855. The summed E-state index contributed by atoms with van der Waals surface area (Å²) in [6, 6.07) is 3.91. The molecule has 0 fully saturated rings. The van der Waals surface area contributed by atoms with Crippen LogP contribution in [0.4, 0.5) is 0 Å². The fourth-order valence-electron chi connectivity index (χ4n) is 1.55. The summed E-state index contributed by atoms with van der Waals surface area (Å²) in [5, 5.41) is 6.71. The molecule has 0 aliphatic heterocycles. The fourth-order valence-corrected chi connectivity index (χ4v) is 1.55. The van der Waals surface area contributed by atoms with Gasteiger partial charge < -0.3 is 5.32 Å². The van der Waals surface area contributed by atoms with E-state index in [1.54, 1.807) is 24.1 Å². The van der Waals surface area contributed by atoms with Crippen LogP contribution < -0.4 is 5.32 Å². The van der Waals surface area contributed by atoms with Gasteiger partial charge >= 0.3 is 0 Å². The monoisotopic (exact) mass is 230 g/mol. The van der Waals surface area contributed by atoms with Gasteiger partial charge in [0, 0.05) is 30.7 Å². The molecule has 0 saturated heterocycles. The van der Waals surface area contributed by atoms with E-state index < -0.39 is 0 Å². The van der Waals surface area contributed by atoms with Crippen molar-refractivity contribution in [1.82, 2.24) is 20.1 Å². The van der Waals surface area contributed by atoms with Crippen molar-refractivity contribution in [3.05, 3.63) is 36.4 Å². The second kappa shape index (κ2) is 4.78. The van der Waals surface area contributed by atoms with Crippen molar-refractivity contribution in [2.45, 2.75) is 13.5 Å². The first-order valence-corrected chi connectivity index (χ1v) is 5.35. The number of rotatable bonds is 3. The summed E-state index contributed by atoms with van der Waals surface area (Å²) >= 11 is 0. The normalized spacial score (nSPS) is 10.2. The lowest BCUT2D eigenvalue weighted by Crippen LogP contribution is -2.23. The number of pyridine rings is 1. The zero-order valence-electron chi connectivity index (χ0n) is 9.84. The summed E-state index contributed by atoms with van der Waals surface area (Å²) in [6.07, 6.45) is 5.36. The van der Waals surface area contributed by atoms with Crippen LogP contribution >= 0.6 is 0 Å². The minimum atomic E-state index is -0.0643. The van der Waals surface area contributed by atoms with E-state index in [4.69, 9.17) is 0 Å². The highest BCUT2D eigenvalue weighted by atomic mass is 16.1. The van der Waals surface area contributed by atoms with Crippen LogP contribution in [0.5, 0.6) is 0 Å². The smallest absolute Gasteiger partial charge is 0.241 e. The van der Waals surface area contributed by atoms with Gasteiger partial charge in [-0.15, -0.1) is 0 Å². The summed E-state index contributed by atoms with van der Waals surface area (Å²) in [6.45, 7) is 2.18. The molecule has 88 valence electrons. The van der Waals surface area contributed by atoms with Gasteiger partial charge in [0.1, 0.15) is 6.54 Å². The maximum absolute atomic E-state index is 11.2. The molecule has 0 aliphatic carbocycles. The van der Waals surface area contributed by atoms with Crippen LogP contribution in [0.2, 0.25) is 0 Å². The molecule has 2 aromatic heterocycles. The number of hydrogen-bond acceptors (Lipinski definition) is 3. The maximum Gasteiger partial charge on any atom is 0.241 e. The lowest BCUT2D eigenvalue weighted by Gasteiger charge is -1.99. The van der Waals surface area contributed by atoms with Gasteiger partial charge in [-0.25, -0.2) is 0 Å². The van der Waals surface area contributed by atoms with E-state index in [-0.39, 0.29) is 12.5 Å². The van der Waals surface area contributed by atoms with Crippen molar-refractivity contribution in [2.24, 2.45) is 0 Å². The van der Waals surface area contributed by atoms with E-state index in [1.807, 2.05) is 25.3 Å². The Hall–Kier alpha value is -2.17. The molecular formula is C12H14N4O. The molecular weight excluding hydrogens is 216 g/mol. The number of carbonyl (C=O) groups is 1. The summed E-state index contributed by atoms with van der Waals surface area (Å²) < 4.78 is 1.62. The minimum Gasteiger partial charge on any atom is -0.358 e. The third-order valence-electron chi connectivity index (χ3n) is 2.45. The highest BCUT2D eigenvalue weighted by molar-refractivity contribution is 5.75. The lowest BCUT2D eigenvalue weighted by molar-refractivity contribution is -0.121. The van der Waals surface area contributed by atoms with Crippen LogP contribution in [-0.2, 0) is 11.3 Å². The van der Waals surface area contributed by atoms with E-state index >= 15 is 0 Å². The first-order valence-electron chi connectivity index (χ1n) is 5.35. The topological polar surface area (TPSA) is 59.8 Å². The van der Waals surface area contributed by atoms with Crippen molar-refractivity contribution < 1.29 is 4.79 Å². The first kappa shape index (κ1) is 11.3. The zero-order chi connectivity index (χ0) is 12.3. The molecule has 17 heavy (non-hydrogen) atoms. The number of nitrogens with one attached hydrogen (secondary N) is 1. The molecule has 5 heteroatoms. The molecule has 0 radical (unpaired) electrons. The van der Waals surface area contributed by atoms with Gasteiger partial charge in [0.25, 0.3) is 0 Å². The second-order valence-electron chi connectivity index (χ2n) is 3.79. The van der Waals surface area contributed by atoms with Crippen molar-refractivity contribution in [2.75, 3.05) is 7.05 Å². The van der Waals surface area contributed by atoms with E-state index in [1.165, 1.54) is 0 Å². The van der Waals surface area contributed by atoms with Crippen LogP contribution in [0.1, 0.15) is 5.69 Å². The van der Waals surface area contributed by atoms with Crippen molar-refractivity contribution in [3.63, 3.8) is 0 Å². The Bertz CT molecular complexity index is 533. The first-order chi connectivity index (χ1) is 8.19. The Balaban J connectivity index is 2.21. The van der Waals surface area contributed by atoms with Crippen LogP contribution in [0.15, 0.2) is 30.7 Å². The molecule has 0 unspecified atom stereocenters.